The van der Waals surface area contributed by atoms with Crippen LogP contribution in [0.4, 0.5) is 0 Å². The first-order valence-corrected chi connectivity index (χ1v) is 7.13. The molecule has 19 heavy (non-hydrogen) atoms. The van der Waals surface area contributed by atoms with E-state index in [1.807, 2.05) is 23.1 Å². The van der Waals surface area contributed by atoms with E-state index in [0.717, 1.165) is 28.6 Å². The summed E-state index contributed by atoms with van der Waals surface area (Å²) in [6, 6.07) is 5.72. The summed E-state index contributed by atoms with van der Waals surface area (Å²) in [5.41, 5.74) is 1.01. The van der Waals surface area contributed by atoms with Crippen LogP contribution in [-0.4, -0.2) is 35.2 Å². The highest BCUT2D eigenvalue weighted by Crippen LogP contribution is 2.33. The number of hydrogen-bond acceptors (Lipinski definition) is 3. The molecule has 104 valence electrons. The van der Waals surface area contributed by atoms with Gasteiger partial charge < -0.3 is 9.84 Å². The molecule has 1 N–H and O–H groups in total. The van der Waals surface area contributed by atoms with Gasteiger partial charge in [-0.25, -0.2) is 0 Å². The lowest BCUT2D eigenvalue weighted by atomic mass is 10.1. The Kier molecular flexibility index (Phi) is 4.47. The van der Waals surface area contributed by atoms with Gasteiger partial charge in [-0.2, -0.15) is 0 Å². The summed E-state index contributed by atoms with van der Waals surface area (Å²) >= 11 is 3.44. The number of hydrogen-bond donors (Lipinski definition) is 1. The van der Waals surface area contributed by atoms with Crippen molar-refractivity contribution >= 4 is 21.9 Å². The molecule has 0 saturated heterocycles. The molecule has 0 spiro atoms. The molecule has 1 aliphatic rings. The van der Waals surface area contributed by atoms with E-state index in [9.17, 15) is 9.90 Å². The number of carboxylic acids is 1. The van der Waals surface area contributed by atoms with Crippen molar-refractivity contribution in [2.75, 3.05) is 7.11 Å². The first-order chi connectivity index (χ1) is 9.02. The second kappa shape index (κ2) is 5.92. The Morgan fingerprint density at radius 1 is 1.58 bits per heavy atom. The Morgan fingerprint density at radius 3 is 2.79 bits per heavy atom. The lowest BCUT2D eigenvalue weighted by Gasteiger charge is -2.27. The molecule has 1 aromatic rings. The summed E-state index contributed by atoms with van der Waals surface area (Å²) in [4.78, 5) is 13.2. The van der Waals surface area contributed by atoms with Gasteiger partial charge >= 0.3 is 5.97 Å². The van der Waals surface area contributed by atoms with Crippen molar-refractivity contribution in [3.8, 4) is 5.75 Å². The molecular weight excluding hydrogens is 310 g/mol. The largest absolute Gasteiger partial charge is 0.496 e. The summed E-state index contributed by atoms with van der Waals surface area (Å²) in [6.45, 7) is 2.34. The third-order valence-electron chi connectivity index (χ3n) is 3.47. The van der Waals surface area contributed by atoms with Gasteiger partial charge in [0.2, 0.25) is 0 Å². The van der Waals surface area contributed by atoms with Gasteiger partial charge in [-0.05, 0) is 38.0 Å². The van der Waals surface area contributed by atoms with Crippen LogP contribution in [0.2, 0.25) is 0 Å². The summed E-state index contributed by atoms with van der Waals surface area (Å²) in [5.74, 6) is 0.0207. The fourth-order valence-corrected chi connectivity index (χ4v) is 2.61. The predicted molar refractivity (Wildman–Crippen MR) is 76.4 cm³/mol. The third kappa shape index (κ3) is 3.48. The first-order valence-electron chi connectivity index (χ1n) is 6.34. The predicted octanol–water partition coefficient (Wildman–Crippen LogP) is 2.90. The van der Waals surface area contributed by atoms with Gasteiger partial charge in [-0.3, -0.25) is 9.69 Å². The van der Waals surface area contributed by atoms with Crippen LogP contribution in [0.15, 0.2) is 22.7 Å². The number of methoxy groups -OCH3 is 1. The van der Waals surface area contributed by atoms with E-state index >= 15 is 0 Å². The van der Waals surface area contributed by atoms with Gasteiger partial charge in [0.15, 0.2) is 0 Å². The molecule has 1 aliphatic carbocycles. The van der Waals surface area contributed by atoms with Gasteiger partial charge in [0.25, 0.3) is 0 Å². The number of aliphatic carboxylic acids is 1. The monoisotopic (exact) mass is 327 g/mol. The molecule has 1 aromatic carbocycles. The number of nitrogens with zero attached hydrogens (tertiary/aromatic N) is 1. The fraction of sp³-hybridized carbons (Fsp3) is 0.500. The average molecular weight is 328 g/mol. The molecule has 0 aromatic heterocycles. The maximum absolute atomic E-state index is 11.2. The van der Waals surface area contributed by atoms with Crippen molar-refractivity contribution in [3.05, 3.63) is 28.2 Å². The normalized spacial score (nSPS) is 16.4. The van der Waals surface area contributed by atoms with Crippen LogP contribution in [0.1, 0.15) is 25.3 Å². The first kappa shape index (κ1) is 14.3. The Morgan fingerprint density at radius 2 is 2.26 bits per heavy atom. The standard InChI is InChI=1S/C14H18BrNO3/c1-9(14(17)18)16(12-4-5-12)8-10-7-11(15)3-6-13(10)19-2/h3,6-7,9,12H,4-5,8H2,1-2H3,(H,17,18). The van der Waals surface area contributed by atoms with Crippen molar-refractivity contribution in [3.63, 3.8) is 0 Å². The van der Waals surface area contributed by atoms with E-state index in [0.29, 0.717) is 12.6 Å². The maximum Gasteiger partial charge on any atom is 0.320 e. The quantitative estimate of drug-likeness (QED) is 0.872. The highest BCUT2D eigenvalue weighted by atomic mass is 79.9. The molecule has 1 unspecified atom stereocenters. The van der Waals surface area contributed by atoms with Crippen LogP contribution in [-0.2, 0) is 11.3 Å². The minimum absolute atomic E-state index is 0.384. The number of carboxylic acid groups (broad SMARTS) is 1. The molecular formula is C14H18BrNO3. The van der Waals surface area contributed by atoms with Crippen molar-refractivity contribution in [1.82, 2.24) is 4.90 Å². The molecule has 1 fully saturated rings. The van der Waals surface area contributed by atoms with Crippen molar-refractivity contribution in [1.29, 1.82) is 0 Å². The topological polar surface area (TPSA) is 49.8 Å². The molecule has 1 atom stereocenters. The second-order valence-electron chi connectivity index (χ2n) is 4.87. The van der Waals surface area contributed by atoms with Crippen LogP contribution in [0.25, 0.3) is 0 Å². The van der Waals surface area contributed by atoms with Gasteiger partial charge in [-0.1, -0.05) is 15.9 Å². The Labute approximate surface area is 121 Å². The molecule has 0 aliphatic heterocycles. The minimum atomic E-state index is -0.777. The number of rotatable bonds is 6. The molecule has 2 rings (SSSR count). The second-order valence-corrected chi connectivity index (χ2v) is 5.79. The molecule has 0 amide bonds. The Hall–Kier alpha value is -1.07. The van der Waals surface area contributed by atoms with E-state index in [1.165, 1.54) is 0 Å². The van der Waals surface area contributed by atoms with E-state index < -0.39 is 12.0 Å². The van der Waals surface area contributed by atoms with E-state index in [1.54, 1.807) is 14.0 Å². The zero-order valence-electron chi connectivity index (χ0n) is 11.1. The fourth-order valence-electron chi connectivity index (χ4n) is 2.20. The Bertz CT molecular complexity index is 474. The highest BCUT2D eigenvalue weighted by Gasteiger charge is 2.35. The van der Waals surface area contributed by atoms with Crippen molar-refractivity contribution in [2.45, 2.75) is 38.4 Å². The summed E-state index contributed by atoms with van der Waals surface area (Å²) in [5, 5.41) is 9.21. The highest BCUT2D eigenvalue weighted by molar-refractivity contribution is 9.10. The molecule has 4 nitrogen and oxygen atoms in total. The lowest BCUT2D eigenvalue weighted by Crippen LogP contribution is -2.40. The van der Waals surface area contributed by atoms with Crippen LogP contribution < -0.4 is 4.74 Å². The maximum atomic E-state index is 11.2. The number of ether oxygens (including phenoxy) is 1. The van der Waals surface area contributed by atoms with E-state index in [-0.39, 0.29) is 0 Å². The van der Waals surface area contributed by atoms with Gasteiger partial charge in [0, 0.05) is 22.6 Å². The SMILES string of the molecule is COc1ccc(Br)cc1CN(C1CC1)C(C)C(=O)O. The van der Waals surface area contributed by atoms with E-state index in [2.05, 4.69) is 15.9 Å². The Balaban J connectivity index is 2.21. The summed E-state index contributed by atoms with van der Waals surface area (Å²) < 4.78 is 6.32. The third-order valence-corrected chi connectivity index (χ3v) is 3.96. The van der Waals surface area contributed by atoms with Gasteiger partial charge in [-0.15, -0.1) is 0 Å². The van der Waals surface area contributed by atoms with Gasteiger partial charge in [0.1, 0.15) is 11.8 Å². The van der Waals surface area contributed by atoms with Crippen LogP contribution in [0.5, 0.6) is 5.75 Å². The average Bonchev–Trinajstić information content (AvgIpc) is 3.19. The molecule has 0 bridgehead atoms. The number of benzene rings is 1. The molecule has 1 saturated carbocycles. The minimum Gasteiger partial charge on any atom is -0.496 e. The molecule has 0 radical (unpaired) electrons. The van der Waals surface area contributed by atoms with Crippen LogP contribution in [0.3, 0.4) is 0 Å². The van der Waals surface area contributed by atoms with Crippen molar-refractivity contribution < 1.29 is 14.6 Å². The smallest absolute Gasteiger partial charge is 0.320 e. The molecule has 0 heterocycles. The summed E-state index contributed by atoms with van der Waals surface area (Å²) in [7, 11) is 1.63. The number of carbonyl (C=O) groups is 1. The molecule has 5 heteroatoms. The van der Waals surface area contributed by atoms with Crippen molar-refractivity contribution in [2.24, 2.45) is 0 Å². The van der Waals surface area contributed by atoms with Gasteiger partial charge in [0.05, 0.1) is 7.11 Å². The van der Waals surface area contributed by atoms with Crippen LogP contribution in [0, 0.1) is 0 Å². The zero-order valence-corrected chi connectivity index (χ0v) is 12.7. The zero-order chi connectivity index (χ0) is 14.0. The summed E-state index contributed by atoms with van der Waals surface area (Å²) in [6.07, 6.45) is 2.15. The van der Waals surface area contributed by atoms with Crippen LogP contribution >= 0.6 is 15.9 Å². The lowest BCUT2D eigenvalue weighted by molar-refractivity contribution is -0.143. The number of halogens is 1. The van der Waals surface area contributed by atoms with E-state index in [4.69, 9.17) is 4.74 Å².